The van der Waals surface area contributed by atoms with Crippen molar-refractivity contribution in [2.75, 3.05) is 7.05 Å². The zero-order valence-electron chi connectivity index (χ0n) is 10.2. The summed E-state index contributed by atoms with van der Waals surface area (Å²) in [7, 11) is 1.65. The van der Waals surface area contributed by atoms with Crippen LogP contribution in [0.25, 0.3) is 10.1 Å². The van der Waals surface area contributed by atoms with Crippen molar-refractivity contribution in [2.24, 2.45) is 10.7 Å². The van der Waals surface area contributed by atoms with Gasteiger partial charge in [-0.05, 0) is 24.4 Å². The van der Waals surface area contributed by atoms with Gasteiger partial charge in [0, 0.05) is 16.6 Å². The Kier molecular flexibility index (Phi) is 2.22. The van der Waals surface area contributed by atoms with Crippen LogP contribution < -0.4 is 5.73 Å². The zero-order chi connectivity index (χ0) is 12.9. The molecule has 1 aromatic carbocycles. The molecule has 1 aliphatic heterocycles. The summed E-state index contributed by atoms with van der Waals surface area (Å²) in [4.78, 5) is 18.9. The molecule has 18 heavy (non-hydrogen) atoms. The fourth-order valence-electron chi connectivity index (χ4n) is 2.16. The van der Waals surface area contributed by atoms with Crippen molar-refractivity contribution in [3.8, 4) is 0 Å². The summed E-state index contributed by atoms with van der Waals surface area (Å²) in [5.74, 6) is 0.200. The van der Waals surface area contributed by atoms with Crippen LogP contribution in [0.2, 0.25) is 0 Å². The first-order valence-corrected chi connectivity index (χ1v) is 6.46. The predicted molar refractivity (Wildman–Crippen MR) is 73.6 cm³/mol. The van der Waals surface area contributed by atoms with E-state index in [0.29, 0.717) is 0 Å². The van der Waals surface area contributed by atoms with Gasteiger partial charge in [-0.2, -0.15) is 0 Å². The topological polar surface area (TPSA) is 58.7 Å². The van der Waals surface area contributed by atoms with Gasteiger partial charge < -0.3 is 5.73 Å². The van der Waals surface area contributed by atoms with E-state index < -0.39 is 5.54 Å². The molecule has 2 N–H and O–H groups in total. The van der Waals surface area contributed by atoms with Crippen molar-refractivity contribution in [2.45, 2.75) is 12.5 Å². The van der Waals surface area contributed by atoms with Gasteiger partial charge in [-0.25, -0.2) is 4.99 Å². The van der Waals surface area contributed by atoms with Gasteiger partial charge in [0.15, 0.2) is 11.5 Å². The summed E-state index contributed by atoms with van der Waals surface area (Å²) in [5, 5.41) is 1.13. The van der Waals surface area contributed by atoms with Crippen LogP contribution in [-0.2, 0) is 10.3 Å². The van der Waals surface area contributed by atoms with Crippen LogP contribution in [0.4, 0.5) is 0 Å². The summed E-state index contributed by atoms with van der Waals surface area (Å²) < 4.78 is 1.16. The number of guanidine groups is 1. The average Bonchev–Trinajstić information content (AvgIpc) is 2.87. The van der Waals surface area contributed by atoms with Crippen molar-refractivity contribution in [3.05, 3.63) is 35.2 Å². The van der Waals surface area contributed by atoms with Crippen LogP contribution in [0.15, 0.2) is 35.3 Å². The third-order valence-electron chi connectivity index (χ3n) is 3.31. The van der Waals surface area contributed by atoms with Gasteiger partial charge in [-0.3, -0.25) is 9.69 Å². The number of nitrogens with zero attached hydrogens (tertiary/aromatic N) is 2. The van der Waals surface area contributed by atoms with E-state index in [2.05, 4.69) is 4.99 Å². The minimum absolute atomic E-state index is 0.0773. The van der Waals surface area contributed by atoms with Gasteiger partial charge in [0.25, 0.3) is 5.91 Å². The number of rotatable bonds is 1. The maximum Gasteiger partial charge on any atom is 0.262 e. The number of benzene rings is 1. The Morgan fingerprint density at radius 2 is 2.11 bits per heavy atom. The van der Waals surface area contributed by atoms with Crippen molar-refractivity contribution in [3.63, 3.8) is 0 Å². The zero-order valence-corrected chi connectivity index (χ0v) is 11.0. The standard InChI is InChI=1S/C13H13N3OS/c1-13(11(17)16(2)12(14)15-13)10-7-8-5-3-4-6-9(8)18-10/h3-7H,1-2H3,(H2,14,15). The van der Waals surface area contributed by atoms with E-state index >= 15 is 0 Å². The molecule has 3 rings (SSSR count). The SMILES string of the molecule is CN1C(=O)C(C)(c2cc3ccccc3s2)N=C1N. The van der Waals surface area contributed by atoms with Crippen LogP contribution in [0.5, 0.6) is 0 Å². The smallest absolute Gasteiger partial charge is 0.262 e. The molecule has 2 heterocycles. The van der Waals surface area contributed by atoms with Gasteiger partial charge >= 0.3 is 0 Å². The molecule has 0 fully saturated rings. The molecule has 92 valence electrons. The van der Waals surface area contributed by atoms with E-state index in [9.17, 15) is 4.79 Å². The molecule has 1 atom stereocenters. The minimum Gasteiger partial charge on any atom is -0.369 e. The van der Waals surface area contributed by atoms with Crippen molar-refractivity contribution >= 4 is 33.3 Å². The number of thiophene rings is 1. The number of amides is 1. The second kappa shape index (κ2) is 3.55. The average molecular weight is 259 g/mol. The fourth-order valence-corrected chi connectivity index (χ4v) is 3.31. The summed E-state index contributed by atoms with van der Waals surface area (Å²) >= 11 is 1.59. The van der Waals surface area contributed by atoms with Crippen LogP contribution in [-0.4, -0.2) is 23.8 Å². The molecule has 5 heteroatoms. The lowest BCUT2D eigenvalue weighted by Crippen LogP contribution is -2.38. The number of likely N-dealkylation sites (N-methyl/N-ethyl adjacent to an activating group) is 1. The van der Waals surface area contributed by atoms with E-state index in [0.717, 1.165) is 15.0 Å². The minimum atomic E-state index is -0.872. The number of hydrogen-bond acceptors (Lipinski definition) is 4. The molecule has 1 amide bonds. The number of nitrogens with two attached hydrogens (primary N) is 1. The highest BCUT2D eigenvalue weighted by Crippen LogP contribution is 2.38. The molecule has 0 bridgehead atoms. The second-order valence-electron chi connectivity index (χ2n) is 4.55. The quantitative estimate of drug-likeness (QED) is 0.850. The van der Waals surface area contributed by atoms with Gasteiger partial charge in [0.2, 0.25) is 0 Å². The Balaban J connectivity index is 2.17. The summed E-state index contributed by atoms with van der Waals surface area (Å²) in [6.07, 6.45) is 0. The number of aliphatic imine (C=N–C) groups is 1. The van der Waals surface area contributed by atoms with Crippen LogP contribution in [0.1, 0.15) is 11.8 Å². The number of hydrogen-bond donors (Lipinski definition) is 1. The Labute approximate surface area is 109 Å². The molecule has 0 saturated heterocycles. The molecular weight excluding hydrogens is 246 g/mol. The molecule has 0 saturated carbocycles. The predicted octanol–water partition coefficient (Wildman–Crippen LogP) is 1.90. The summed E-state index contributed by atoms with van der Waals surface area (Å²) in [6.45, 7) is 1.82. The van der Waals surface area contributed by atoms with Crippen LogP contribution in [0, 0.1) is 0 Å². The summed E-state index contributed by atoms with van der Waals surface area (Å²) in [5.41, 5.74) is 4.86. The Morgan fingerprint density at radius 1 is 1.39 bits per heavy atom. The molecule has 1 aromatic heterocycles. The Hall–Kier alpha value is -1.88. The van der Waals surface area contributed by atoms with Gasteiger partial charge in [-0.15, -0.1) is 11.3 Å². The molecular formula is C13H13N3OS. The summed E-state index contributed by atoms with van der Waals surface area (Å²) in [6, 6.07) is 10.1. The lowest BCUT2D eigenvalue weighted by Gasteiger charge is -2.17. The van der Waals surface area contributed by atoms with E-state index in [1.807, 2.05) is 37.3 Å². The van der Waals surface area contributed by atoms with E-state index in [1.165, 1.54) is 4.90 Å². The van der Waals surface area contributed by atoms with Crippen LogP contribution >= 0.6 is 11.3 Å². The maximum absolute atomic E-state index is 12.3. The highest BCUT2D eigenvalue weighted by atomic mass is 32.1. The molecule has 0 aliphatic carbocycles. The van der Waals surface area contributed by atoms with Gasteiger partial charge in [0.05, 0.1) is 0 Å². The van der Waals surface area contributed by atoms with E-state index in [1.54, 1.807) is 18.4 Å². The van der Waals surface area contributed by atoms with Crippen LogP contribution in [0.3, 0.4) is 0 Å². The molecule has 2 aromatic rings. The number of carbonyl (C=O) groups is 1. The molecule has 1 aliphatic rings. The third-order valence-corrected chi connectivity index (χ3v) is 4.64. The fraction of sp³-hybridized carbons (Fsp3) is 0.231. The second-order valence-corrected chi connectivity index (χ2v) is 5.64. The highest BCUT2D eigenvalue weighted by Gasteiger charge is 2.44. The lowest BCUT2D eigenvalue weighted by atomic mass is 10.0. The normalized spacial score (nSPS) is 23.8. The van der Waals surface area contributed by atoms with E-state index in [-0.39, 0.29) is 11.9 Å². The Bertz CT molecular complexity index is 643. The highest BCUT2D eigenvalue weighted by molar-refractivity contribution is 7.19. The molecule has 0 spiro atoms. The van der Waals surface area contributed by atoms with Crippen molar-refractivity contribution in [1.82, 2.24) is 4.90 Å². The van der Waals surface area contributed by atoms with Gasteiger partial charge in [-0.1, -0.05) is 18.2 Å². The van der Waals surface area contributed by atoms with Crippen molar-refractivity contribution in [1.29, 1.82) is 0 Å². The lowest BCUT2D eigenvalue weighted by molar-refractivity contribution is -0.129. The maximum atomic E-state index is 12.3. The number of carbonyl (C=O) groups excluding carboxylic acids is 1. The molecule has 1 unspecified atom stereocenters. The molecule has 4 nitrogen and oxygen atoms in total. The largest absolute Gasteiger partial charge is 0.369 e. The van der Waals surface area contributed by atoms with Crippen molar-refractivity contribution < 1.29 is 4.79 Å². The number of fused-ring (bicyclic) bond motifs is 1. The van der Waals surface area contributed by atoms with E-state index in [4.69, 9.17) is 5.73 Å². The first-order chi connectivity index (χ1) is 8.52. The first-order valence-electron chi connectivity index (χ1n) is 5.65. The molecule has 0 radical (unpaired) electrons. The monoisotopic (exact) mass is 259 g/mol. The first kappa shape index (κ1) is 11.2. The third kappa shape index (κ3) is 1.37. The Morgan fingerprint density at radius 3 is 2.72 bits per heavy atom. The van der Waals surface area contributed by atoms with Gasteiger partial charge in [0.1, 0.15) is 0 Å².